The van der Waals surface area contributed by atoms with E-state index in [0.717, 1.165) is 5.56 Å². The highest BCUT2D eigenvalue weighted by Gasteiger charge is 2.24. The van der Waals surface area contributed by atoms with Crippen LogP contribution in [0.15, 0.2) is 24.3 Å². The first-order valence-corrected chi connectivity index (χ1v) is 11.2. The summed E-state index contributed by atoms with van der Waals surface area (Å²) < 4.78 is 39.6. The van der Waals surface area contributed by atoms with Gasteiger partial charge < -0.3 is 5.32 Å². The Morgan fingerprint density at radius 1 is 1.28 bits per heavy atom. The van der Waals surface area contributed by atoms with Crippen molar-refractivity contribution in [1.29, 1.82) is 0 Å². The van der Waals surface area contributed by atoms with E-state index >= 15 is 0 Å². The molecule has 2 rings (SSSR count). The van der Waals surface area contributed by atoms with Crippen LogP contribution in [-0.4, -0.2) is 64.2 Å². The van der Waals surface area contributed by atoms with Gasteiger partial charge in [0.2, 0.25) is 15.9 Å². The fraction of sp³-hybridized carbons (Fsp3) is 0.556. The Hall–Kier alpha value is -2.40. The van der Waals surface area contributed by atoms with Crippen LogP contribution >= 0.6 is 0 Å². The van der Waals surface area contributed by atoms with E-state index < -0.39 is 16.1 Å². The molecular weight excluding hydrogens is 399 g/mol. The van der Waals surface area contributed by atoms with E-state index in [-0.39, 0.29) is 17.8 Å². The van der Waals surface area contributed by atoms with Gasteiger partial charge in [0.15, 0.2) is 0 Å². The zero-order valence-corrected chi connectivity index (χ0v) is 17.9. The summed E-state index contributed by atoms with van der Waals surface area (Å²) in [4.78, 5) is 12.8. The molecule has 1 amide bonds. The minimum atomic E-state index is -3.31. The molecule has 11 heteroatoms. The summed E-state index contributed by atoms with van der Waals surface area (Å²) >= 11 is 0. The van der Waals surface area contributed by atoms with Crippen LogP contribution in [0.3, 0.4) is 0 Å². The topological polar surface area (TPSA) is 110 Å². The maximum Gasteiger partial charge on any atom is 0.245 e. The number of nitrogens with zero attached hydrogens (tertiary/aromatic N) is 5. The van der Waals surface area contributed by atoms with Gasteiger partial charge in [-0.25, -0.2) is 17.5 Å². The monoisotopic (exact) mass is 426 g/mol. The van der Waals surface area contributed by atoms with Crippen LogP contribution < -0.4 is 5.32 Å². The summed E-state index contributed by atoms with van der Waals surface area (Å²) in [7, 11) is -3.31. The molecule has 0 unspecified atom stereocenters. The van der Waals surface area contributed by atoms with Crippen molar-refractivity contribution in [2.75, 3.05) is 19.3 Å². The predicted octanol–water partition coefficient (Wildman–Crippen LogP) is 1.08. The number of sulfonamides is 1. The Balaban J connectivity index is 2.02. The van der Waals surface area contributed by atoms with Crippen LogP contribution in [-0.2, 0) is 21.2 Å². The third-order valence-corrected chi connectivity index (χ3v) is 5.91. The third kappa shape index (κ3) is 6.57. The lowest BCUT2D eigenvalue weighted by atomic mass is 10.1. The number of amides is 1. The number of tetrazole rings is 1. The Morgan fingerprint density at radius 2 is 1.93 bits per heavy atom. The zero-order valence-electron chi connectivity index (χ0n) is 17.0. The van der Waals surface area contributed by atoms with Gasteiger partial charge in [0, 0.05) is 25.6 Å². The van der Waals surface area contributed by atoms with Crippen molar-refractivity contribution < 1.29 is 17.6 Å². The zero-order chi connectivity index (χ0) is 21.6. The van der Waals surface area contributed by atoms with Gasteiger partial charge in [-0.3, -0.25) is 4.79 Å². The highest BCUT2D eigenvalue weighted by molar-refractivity contribution is 7.88. The first-order valence-electron chi connectivity index (χ1n) is 9.33. The largest absolute Gasteiger partial charge is 0.354 e. The van der Waals surface area contributed by atoms with Crippen molar-refractivity contribution in [3.8, 4) is 0 Å². The standard InChI is InChI=1S/C18H27FN6O3S/c1-13(2)24(29(4,27)28)11-5-10-20-18(26)17(25-14(3)21-22-23-25)12-15-6-8-16(19)9-7-15/h6-9,13,17H,5,10-12H2,1-4H3,(H,20,26)/t17-/m1/s1. The van der Waals surface area contributed by atoms with Crippen LogP contribution in [0.2, 0.25) is 0 Å². The number of benzene rings is 1. The minimum absolute atomic E-state index is 0.157. The molecule has 1 aromatic heterocycles. The van der Waals surface area contributed by atoms with Gasteiger partial charge in [-0.1, -0.05) is 12.1 Å². The number of carbonyl (C=O) groups is 1. The van der Waals surface area contributed by atoms with E-state index in [2.05, 4.69) is 20.8 Å². The highest BCUT2D eigenvalue weighted by Crippen LogP contribution is 2.16. The number of rotatable bonds is 10. The maximum atomic E-state index is 13.2. The van der Waals surface area contributed by atoms with E-state index in [4.69, 9.17) is 0 Å². The molecule has 1 heterocycles. The summed E-state index contributed by atoms with van der Waals surface area (Å²) in [6, 6.07) is 5.04. The molecule has 1 N–H and O–H groups in total. The molecule has 0 fully saturated rings. The lowest BCUT2D eigenvalue weighted by molar-refractivity contribution is -0.124. The van der Waals surface area contributed by atoms with Crippen molar-refractivity contribution in [3.63, 3.8) is 0 Å². The van der Waals surface area contributed by atoms with Gasteiger partial charge >= 0.3 is 0 Å². The summed E-state index contributed by atoms with van der Waals surface area (Å²) in [5, 5.41) is 14.1. The summed E-state index contributed by atoms with van der Waals surface area (Å²) in [6.45, 7) is 5.91. The number of halogens is 1. The van der Waals surface area contributed by atoms with Crippen LogP contribution in [0.1, 0.15) is 37.7 Å². The molecule has 0 saturated carbocycles. The number of hydrogen-bond acceptors (Lipinski definition) is 6. The maximum absolute atomic E-state index is 13.2. The van der Waals surface area contributed by atoms with Gasteiger partial charge in [0.25, 0.3) is 0 Å². The molecule has 9 nitrogen and oxygen atoms in total. The van der Waals surface area contributed by atoms with Crippen LogP contribution in [0.4, 0.5) is 4.39 Å². The molecular formula is C18H27FN6O3S. The smallest absolute Gasteiger partial charge is 0.245 e. The fourth-order valence-corrected chi connectivity index (χ4v) is 4.26. The van der Waals surface area contributed by atoms with Crippen LogP contribution in [0.25, 0.3) is 0 Å². The number of carbonyl (C=O) groups excluding carboxylic acids is 1. The highest BCUT2D eigenvalue weighted by atomic mass is 32.2. The van der Waals surface area contributed by atoms with E-state index in [1.165, 1.54) is 27.4 Å². The summed E-state index contributed by atoms with van der Waals surface area (Å²) in [5.74, 6) is -0.163. The first-order chi connectivity index (χ1) is 13.6. The lowest BCUT2D eigenvalue weighted by Gasteiger charge is -2.24. The number of aryl methyl sites for hydroxylation is 1. The SMILES string of the molecule is Cc1nnnn1[C@H](Cc1ccc(F)cc1)C(=O)NCCCN(C(C)C)S(C)(=O)=O. The number of hydrogen-bond donors (Lipinski definition) is 1. The minimum Gasteiger partial charge on any atom is -0.354 e. The second-order valence-electron chi connectivity index (χ2n) is 7.13. The van der Waals surface area contributed by atoms with Crippen molar-refractivity contribution >= 4 is 15.9 Å². The molecule has 0 aliphatic heterocycles. The van der Waals surface area contributed by atoms with E-state index in [1.807, 2.05) is 0 Å². The van der Waals surface area contributed by atoms with Crippen molar-refractivity contribution in [1.82, 2.24) is 29.8 Å². The molecule has 160 valence electrons. The second kappa shape index (κ2) is 9.88. The van der Waals surface area contributed by atoms with Gasteiger partial charge in [-0.15, -0.1) is 5.10 Å². The molecule has 0 saturated heterocycles. The van der Waals surface area contributed by atoms with E-state index in [9.17, 15) is 17.6 Å². The molecule has 2 aromatic rings. The molecule has 0 bridgehead atoms. The molecule has 1 atom stereocenters. The van der Waals surface area contributed by atoms with Gasteiger partial charge in [-0.2, -0.15) is 4.31 Å². The van der Waals surface area contributed by atoms with E-state index in [0.29, 0.717) is 31.8 Å². The van der Waals surface area contributed by atoms with Crippen molar-refractivity contribution in [2.24, 2.45) is 0 Å². The van der Waals surface area contributed by atoms with Crippen molar-refractivity contribution in [2.45, 2.75) is 45.7 Å². The van der Waals surface area contributed by atoms with Gasteiger partial charge in [0.1, 0.15) is 17.7 Å². The Bertz CT molecular complexity index is 914. The number of aromatic nitrogens is 4. The lowest BCUT2D eigenvalue weighted by Crippen LogP contribution is -2.39. The van der Waals surface area contributed by atoms with Crippen molar-refractivity contribution in [3.05, 3.63) is 41.5 Å². The quantitative estimate of drug-likeness (QED) is 0.569. The Morgan fingerprint density at radius 3 is 2.45 bits per heavy atom. The summed E-state index contributed by atoms with van der Waals surface area (Å²) in [6.07, 6.45) is 1.93. The van der Waals surface area contributed by atoms with Gasteiger partial charge in [-0.05, 0) is 55.3 Å². The predicted molar refractivity (Wildman–Crippen MR) is 106 cm³/mol. The second-order valence-corrected chi connectivity index (χ2v) is 9.06. The average Bonchev–Trinajstić information content (AvgIpc) is 3.05. The van der Waals surface area contributed by atoms with Gasteiger partial charge in [0.05, 0.1) is 6.26 Å². The first kappa shape index (κ1) is 22.9. The molecule has 0 spiro atoms. The molecule has 0 radical (unpaired) electrons. The normalized spacial score (nSPS) is 13.1. The van der Waals surface area contributed by atoms with Crippen LogP contribution in [0, 0.1) is 12.7 Å². The van der Waals surface area contributed by atoms with Crippen LogP contribution in [0.5, 0.6) is 0 Å². The molecule has 0 aliphatic rings. The summed E-state index contributed by atoms with van der Waals surface area (Å²) in [5.41, 5.74) is 0.768. The Kier molecular flexibility index (Phi) is 7.80. The average molecular weight is 427 g/mol. The molecule has 0 aliphatic carbocycles. The fourth-order valence-electron chi connectivity index (χ4n) is 3.03. The third-order valence-electron chi connectivity index (χ3n) is 4.45. The number of nitrogens with one attached hydrogen (secondary N) is 1. The van der Waals surface area contributed by atoms with E-state index in [1.54, 1.807) is 32.9 Å². The molecule has 29 heavy (non-hydrogen) atoms. The Labute approximate surface area is 170 Å². The molecule has 1 aromatic carbocycles.